The third-order valence-corrected chi connectivity index (χ3v) is 4.21. The second-order valence-corrected chi connectivity index (χ2v) is 6.06. The Morgan fingerprint density at radius 2 is 2.04 bits per heavy atom. The van der Waals surface area contributed by atoms with Crippen LogP contribution in [0.25, 0.3) is 0 Å². The third-order valence-electron chi connectivity index (χ3n) is 4.21. The van der Waals surface area contributed by atoms with Gasteiger partial charge in [-0.1, -0.05) is 6.07 Å². The number of ether oxygens (including phenoxy) is 1. The van der Waals surface area contributed by atoms with E-state index in [2.05, 4.69) is 15.3 Å². The summed E-state index contributed by atoms with van der Waals surface area (Å²) >= 11 is 0. The smallest absolute Gasteiger partial charge is 0.409 e. The van der Waals surface area contributed by atoms with E-state index < -0.39 is 0 Å². The minimum atomic E-state index is -0.385. The van der Waals surface area contributed by atoms with Crippen LogP contribution >= 0.6 is 0 Å². The zero-order valence-electron chi connectivity index (χ0n) is 15.5. The molecule has 1 saturated heterocycles. The number of piperazine rings is 1. The first-order valence-corrected chi connectivity index (χ1v) is 8.92. The predicted molar refractivity (Wildman–Crippen MR) is 102 cm³/mol. The predicted octanol–water partition coefficient (Wildman–Crippen LogP) is 1.88. The summed E-state index contributed by atoms with van der Waals surface area (Å²) in [5, 5.41) is 11.7. The van der Waals surface area contributed by atoms with Crippen LogP contribution in [0.5, 0.6) is 0 Å². The number of hydrogen-bond acceptors (Lipinski definition) is 7. The molecule has 0 spiro atoms. The Balaban J connectivity index is 1.65. The van der Waals surface area contributed by atoms with E-state index in [-0.39, 0.29) is 17.7 Å². The lowest BCUT2D eigenvalue weighted by molar-refractivity contribution is 0.102. The molecular weight excluding hydrogens is 360 g/mol. The number of carbonyl (C=O) groups excluding carboxylic acids is 2. The van der Waals surface area contributed by atoms with E-state index in [1.165, 1.54) is 12.3 Å². The topological polar surface area (TPSA) is 111 Å². The van der Waals surface area contributed by atoms with Gasteiger partial charge in [-0.15, -0.1) is 0 Å². The molecule has 0 saturated carbocycles. The number of hydrogen-bond donors (Lipinski definition) is 1. The molecule has 0 atom stereocenters. The Morgan fingerprint density at radius 3 is 2.75 bits per heavy atom. The maximum absolute atomic E-state index is 12.5. The molecule has 2 amide bonds. The monoisotopic (exact) mass is 380 g/mol. The number of nitrogens with zero attached hydrogens (tertiary/aromatic N) is 5. The van der Waals surface area contributed by atoms with Crippen molar-refractivity contribution in [1.82, 2.24) is 14.9 Å². The van der Waals surface area contributed by atoms with Gasteiger partial charge in [-0.2, -0.15) is 5.26 Å². The van der Waals surface area contributed by atoms with Crippen LogP contribution in [0.15, 0.2) is 36.5 Å². The van der Waals surface area contributed by atoms with Crippen molar-refractivity contribution in [3.8, 4) is 6.07 Å². The number of nitriles is 1. The van der Waals surface area contributed by atoms with E-state index in [0.717, 1.165) is 0 Å². The summed E-state index contributed by atoms with van der Waals surface area (Å²) in [4.78, 5) is 36.4. The number of rotatable bonds is 4. The number of amides is 2. The lowest BCUT2D eigenvalue weighted by atomic mass is 10.2. The third kappa shape index (κ3) is 4.54. The number of carbonyl (C=O) groups is 2. The Labute approximate surface area is 162 Å². The lowest BCUT2D eigenvalue weighted by Crippen LogP contribution is -2.49. The molecule has 0 aliphatic carbocycles. The molecule has 9 nitrogen and oxygen atoms in total. The van der Waals surface area contributed by atoms with E-state index in [1.807, 2.05) is 11.0 Å². The SMILES string of the molecule is CCOC(=O)N1CCN(c2nccc(C(=O)Nc3cccc(C#N)c3)n2)CC1. The van der Waals surface area contributed by atoms with Crippen molar-refractivity contribution >= 4 is 23.6 Å². The molecule has 0 radical (unpaired) electrons. The summed E-state index contributed by atoms with van der Waals surface area (Å²) in [7, 11) is 0. The largest absolute Gasteiger partial charge is 0.450 e. The van der Waals surface area contributed by atoms with E-state index in [0.29, 0.717) is 50.0 Å². The molecule has 1 fully saturated rings. The van der Waals surface area contributed by atoms with Crippen LogP contribution in [-0.2, 0) is 4.74 Å². The van der Waals surface area contributed by atoms with Gasteiger partial charge in [0.15, 0.2) is 0 Å². The quantitative estimate of drug-likeness (QED) is 0.862. The first-order chi connectivity index (χ1) is 13.6. The Morgan fingerprint density at radius 1 is 1.25 bits per heavy atom. The molecule has 1 N–H and O–H groups in total. The van der Waals surface area contributed by atoms with Crippen LogP contribution in [0.4, 0.5) is 16.4 Å². The zero-order valence-corrected chi connectivity index (χ0v) is 15.5. The Bertz CT molecular complexity index is 903. The van der Waals surface area contributed by atoms with Gasteiger partial charge in [-0.05, 0) is 31.2 Å². The van der Waals surface area contributed by atoms with Crippen LogP contribution in [0.3, 0.4) is 0 Å². The minimum absolute atomic E-state index is 0.222. The normalized spacial score (nSPS) is 13.6. The first kappa shape index (κ1) is 19.1. The maximum atomic E-state index is 12.5. The minimum Gasteiger partial charge on any atom is -0.450 e. The van der Waals surface area contributed by atoms with Gasteiger partial charge in [-0.25, -0.2) is 14.8 Å². The molecule has 1 aliphatic heterocycles. The van der Waals surface area contributed by atoms with Crippen molar-refractivity contribution in [2.45, 2.75) is 6.92 Å². The van der Waals surface area contributed by atoms with Crippen molar-refractivity contribution in [3.63, 3.8) is 0 Å². The molecule has 144 valence electrons. The summed E-state index contributed by atoms with van der Waals surface area (Å²) in [5.74, 6) is 0.0471. The maximum Gasteiger partial charge on any atom is 0.409 e. The van der Waals surface area contributed by atoms with Crippen LogP contribution < -0.4 is 10.2 Å². The second kappa shape index (κ2) is 8.81. The fourth-order valence-corrected chi connectivity index (χ4v) is 2.79. The van der Waals surface area contributed by atoms with Crippen molar-refractivity contribution in [1.29, 1.82) is 5.26 Å². The molecule has 0 unspecified atom stereocenters. The molecule has 28 heavy (non-hydrogen) atoms. The van der Waals surface area contributed by atoms with Gasteiger partial charge in [0.25, 0.3) is 5.91 Å². The standard InChI is InChI=1S/C19H20N6O3/c1-2-28-19(27)25-10-8-24(9-11-25)18-21-7-6-16(23-18)17(26)22-15-5-3-4-14(12-15)13-20/h3-7,12H,2,8-11H2,1H3,(H,22,26). The van der Waals surface area contributed by atoms with Crippen LogP contribution in [0.2, 0.25) is 0 Å². The molecule has 2 aromatic rings. The fraction of sp³-hybridized carbons (Fsp3) is 0.316. The van der Waals surface area contributed by atoms with E-state index in [1.54, 1.807) is 36.1 Å². The van der Waals surface area contributed by atoms with E-state index >= 15 is 0 Å². The number of nitrogens with one attached hydrogen (secondary N) is 1. The number of aromatic nitrogens is 2. The summed E-state index contributed by atoms with van der Waals surface area (Å²) in [6, 6.07) is 10.2. The first-order valence-electron chi connectivity index (χ1n) is 8.92. The van der Waals surface area contributed by atoms with Gasteiger partial charge < -0.3 is 19.9 Å². The van der Waals surface area contributed by atoms with Gasteiger partial charge in [-0.3, -0.25) is 4.79 Å². The summed E-state index contributed by atoms with van der Waals surface area (Å²) in [6.07, 6.45) is 1.21. The van der Waals surface area contributed by atoms with E-state index in [4.69, 9.17) is 10.00 Å². The van der Waals surface area contributed by atoms with Crippen molar-refractivity contribution in [3.05, 3.63) is 47.8 Å². The van der Waals surface area contributed by atoms with Crippen LogP contribution in [-0.4, -0.2) is 59.7 Å². The molecule has 2 heterocycles. The zero-order chi connectivity index (χ0) is 19.9. The average Bonchev–Trinajstić information content (AvgIpc) is 2.74. The van der Waals surface area contributed by atoms with E-state index in [9.17, 15) is 9.59 Å². The molecule has 0 bridgehead atoms. The van der Waals surface area contributed by atoms with Crippen molar-refractivity contribution in [2.75, 3.05) is 43.0 Å². The Kier molecular flexibility index (Phi) is 6.01. The number of anilines is 2. The molecule has 1 aromatic heterocycles. The summed E-state index contributed by atoms with van der Waals surface area (Å²) < 4.78 is 5.01. The highest BCUT2D eigenvalue weighted by Crippen LogP contribution is 2.14. The summed E-state index contributed by atoms with van der Waals surface area (Å²) in [5.41, 5.74) is 1.20. The highest BCUT2D eigenvalue weighted by molar-refractivity contribution is 6.03. The molecule has 3 rings (SSSR count). The summed E-state index contributed by atoms with van der Waals surface area (Å²) in [6.45, 7) is 4.22. The molecule has 9 heteroatoms. The van der Waals surface area contributed by atoms with Crippen molar-refractivity contribution in [2.24, 2.45) is 0 Å². The van der Waals surface area contributed by atoms with Gasteiger partial charge in [0, 0.05) is 38.1 Å². The van der Waals surface area contributed by atoms with Crippen LogP contribution in [0.1, 0.15) is 23.0 Å². The fourth-order valence-electron chi connectivity index (χ4n) is 2.79. The number of benzene rings is 1. The van der Waals surface area contributed by atoms with Crippen molar-refractivity contribution < 1.29 is 14.3 Å². The second-order valence-electron chi connectivity index (χ2n) is 6.06. The highest BCUT2D eigenvalue weighted by atomic mass is 16.6. The van der Waals surface area contributed by atoms with Gasteiger partial charge in [0.05, 0.1) is 18.2 Å². The van der Waals surface area contributed by atoms with Crippen LogP contribution in [0, 0.1) is 11.3 Å². The lowest BCUT2D eigenvalue weighted by Gasteiger charge is -2.34. The average molecular weight is 380 g/mol. The molecule has 1 aliphatic rings. The molecular formula is C19H20N6O3. The Hall–Kier alpha value is -3.67. The van der Waals surface area contributed by atoms with Gasteiger partial charge in [0.1, 0.15) is 5.69 Å². The van der Waals surface area contributed by atoms with Gasteiger partial charge >= 0.3 is 6.09 Å². The molecule has 1 aromatic carbocycles. The highest BCUT2D eigenvalue weighted by Gasteiger charge is 2.23. The van der Waals surface area contributed by atoms with Gasteiger partial charge in [0.2, 0.25) is 5.95 Å².